The fourth-order valence-electron chi connectivity index (χ4n) is 2.38. The van der Waals surface area contributed by atoms with Crippen LogP contribution in [-0.2, 0) is 21.9 Å². The number of alkyl halides is 6. The van der Waals surface area contributed by atoms with Gasteiger partial charge >= 0.3 is 12.4 Å². The van der Waals surface area contributed by atoms with Gasteiger partial charge in [0.1, 0.15) is 0 Å². The van der Waals surface area contributed by atoms with Crippen molar-refractivity contribution in [3.63, 3.8) is 0 Å². The highest BCUT2D eigenvalue weighted by molar-refractivity contribution is 6.31. The lowest BCUT2D eigenvalue weighted by atomic mass is 10.1. The third kappa shape index (κ3) is 6.24. The Bertz CT molecular complexity index is 999. The summed E-state index contributed by atoms with van der Waals surface area (Å²) in [5.74, 6) is -1.58. The second-order valence-corrected chi connectivity index (χ2v) is 6.41. The third-order valence-corrected chi connectivity index (χ3v) is 3.96. The van der Waals surface area contributed by atoms with Gasteiger partial charge in [0.05, 0.1) is 21.8 Å². The van der Waals surface area contributed by atoms with Crippen molar-refractivity contribution in [3.05, 3.63) is 64.2 Å². The molecule has 0 radical (unpaired) electrons. The number of hydrogen-bond donors (Lipinski definition) is 2. The van der Waals surface area contributed by atoms with Crippen LogP contribution in [0.25, 0.3) is 6.08 Å². The monoisotopic (exact) mass is 450 g/mol. The van der Waals surface area contributed by atoms with E-state index in [9.17, 15) is 35.9 Å². The smallest absolute Gasteiger partial charge is 0.326 e. The van der Waals surface area contributed by atoms with Crippen LogP contribution in [0.15, 0.2) is 42.5 Å². The van der Waals surface area contributed by atoms with Crippen LogP contribution in [0.3, 0.4) is 0 Å². The highest BCUT2D eigenvalue weighted by Gasteiger charge is 2.34. The van der Waals surface area contributed by atoms with Gasteiger partial charge in [0.15, 0.2) is 0 Å². The van der Waals surface area contributed by atoms with E-state index in [-0.39, 0.29) is 11.3 Å². The lowest BCUT2D eigenvalue weighted by Gasteiger charge is -2.15. The number of benzene rings is 2. The zero-order chi connectivity index (χ0) is 22.7. The van der Waals surface area contributed by atoms with Crippen molar-refractivity contribution in [2.75, 3.05) is 10.6 Å². The Kier molecular flexibility index (Phi) is 6.81. The second-order valence-electron chi connectivity index (χ2n) is 6.00. The van der Waals surface area contributed by atoms with Gasteiger partial charge in [-0.2, -0.15) is 26.3 Å². The van der Waals surface area contributed by atoms with Gasteiger partial charge < -0.3 is 10.6 Å². The molecule has 0 heterocycles. The zero-order valence-corrected chi connectivity index (χ0v) is 15.8. The lowest BCUT2D eigenvalue weighted by molar-refractivity contribution is -0.138. The molecule has 2 rings (SSSR count). The molecule has 0 aliphatic carbocycles. The first-order chi connectivity index (χ1) is 13.8. The molecule has 2 amide bonds. The molecule has 0 saturated carbocycles. The quantitative estimate of drug-likeness (QED) is 0.444. The molecule has 0 aromatic heterocycles. The summed E-state index contributed by atoms with van der Waals surface area (Å²) in [6.07, 6.45) is -7.76. The van der Waals surface area contributed by atoms with Crippen molar-refractivity contribution < 1.29 is 35.9 Å². The van der Waals surface area contributed by atoms with Crippen LogP contribution < -0.4 is 10.6 Å². The Morgan fingerprint density at radius 3 is 2.10 bits per heavy atom. The van der Waals surface area contributed by atoms with Crippen molar-refractivity contribution in [1.29, 1.82) is 0 Å². The average molecular weight is 451 g/mol. The van der Waals surface area contributed by atoms with Crippen molar-refractivity contribution in [2.45, 2.75) is 19.3 Å². The maximum Gasteiger partial charge on any atom is 0.418 e. The Labute approximate surface area is 171 Å². The minimum absolute atomic E-state index is 0.0288. The molecule has 160 valence electrons. The van der Waals surface area contributed by atoms with Crippen LogP contribution in [0.1, 0.15) is 23.6 Å². The molecule has 11 heteroatoms. The van der Waals surface area contributed by atoms with Crippen molar-refractivity contribution in [1.82, 2.24) is 0 Å². The molecule has 0 aliphatic rings. The van der Waals surface area contributed by atoms with Gasteiger partial charge in [-0.05, 0) is 42.0 Å². The molecule has 0 fully saturated rings. The van der Waals surface area contributed by atoms with Gasteiger partial charge in [0.2, 0.25) is 11.8 Å². The van der Waals surface area contributed by atoms with E-state index >= 15 is 0 Å². The largest absolute Gasteiger partial charge is 0.418 e. The first kappa shape index (κ1) is 23.3. The minimum Gasteiger partial charge on any atom is -0.326 e. The van der Waals surface area contributed by atoms with E-state index in [1.54, 1.807) is 0 Å². The fraction of sp³-hybridized carbons (Fsp3) is 0.158. The summed E-state index contributed by atoms with van der Waals surface area (Å²) in [4.78, 5) is 23.0. The molecule has 0 spiro atoms. The Morgan fingerprint density at radius 1 is 0.900 bits per heavy atom. The van der Waals surface area contributed by atoms with Gasteiger partial charge in [-0.25, -0.2) is 0 Å². The maximum absolute atomic E-state index is 13.3. The summed E-state index contributed by atoms with van der Waals surface area (Å²) in [6, 6.07) is 5.66. The summed E-state index contributed by atoms with van der Waals surface area (Å²) < 4.78 is 78.4. The molecule has 4 nitrogen and oxygen atoms in total. The lowest BCUT2D eigenvalue weighted by Crippen LogP contribution is -2.16. The average Bonchev–Trinajstić information content (AvgIpc) is 2.60. The van der Waals surface area contributed by atoms with Crippen LogP contribution in [0, 0.1) is 0 Å². The third-order valence-electron chi connectivity index (χ3n) is 3.63. The van der Waals surface area contributed by atoms with Gasteiger partial charge in [0.25, 0.3) is 0 Å². The summed E-state index contributed by atoms with van der Waals surface area (Å²) in [5.41, 5.74) is -3.05. The summed E-state index contributed by atoms with van der Waals surface area (Å²) in [5, 5.41) is 3.69. The molecule has 0 bridgehead atoms. The van der Waals surface area contributed by atoms with E-state index in [1.807, 2.05) is 5.32 Å². The molecule has 2 aromatic carbocycles. The molecule has 2 aromatic rings. The summed E-state index contributed by atoms with van der Waals surface area (Å²) in [6.45, 7) is 1.12. The minimum atomic E-state index is -4.83. The predicted molar refractivity (Wildman–Crippen MR) is 99.9 cm³/mol. The van der Waals surface area contributed by atoms with Crippen LogP contribution in [0.4, 0.5) is 37.7 Å². The van der Waals surface area contributed by atoms with E-state index in [1.165, 1.54) is 6.07 Å². The number of anilines is 2. The van der Waals surface area contributed by atoms with E-state index in [0.29, 0.717) is 12.1 Å². The SMILES string of the molecule is CC(=O)Nc1ccc(NC(=O)/C=C/c2ccc(Cl)c(C(F)(F)F)c2)c(C(F)(F)F)c1. The highest BCUT2D eigenvalue weighted by atomic mass is 35.5. The normalized spacial score (nSPS) is 12.1. The van der Waals surface area contributed by atoms with Crippen molar-refractivity contribution >= 4 is 40.9 Å². The number of carbonyl (C=O) groups excluding carboxylic acids is 2. The van der Waals surface area contributed by atoms with Gasteiger partial charge in [-0.3, -0.25) is 9.59 Å². The van der Waals surface area contributed by atoms with E-state index in [2.05, 4.69) is 5.32 Å². The van der Waals surface area contributed by atoms with Crippen LogP contribution in [-0.4, -0.2) is 11.8 Å². The van der Waals surface area contributed by atoms with Crippen LogP contribution in [0.5, 0.6) is 0 Å². The Hall–Kier alpha value is -3.01. The predicted octanol–water partition coefficient (Wildman–Crippen LogP) is 5.99. The summed E-state index contributed by atoms with van der Waals surface area (Å²) in [7, 11) is 0. The molecular weight excluding hydrogens is 438 g/mol. The summed E-state index contributed by atoms with van der Waals surface area (Å²) >= 11 is 5.50. The Morgan fingerprint density at radius 2 is 1.53 bits per heavy atom. The molecule has 0 atom stereocenters. The Balaban J connectivity index is 2.25. The van der Waals surface area contributed by atoms with Crippen molar-refractivity contribution in [3.8, 4) is 0 Å². The number of hydrogen-bond acceptors (Lipinski definition) is 2. The second kappa shape index (κ2) is 8.78. The highest BCUT2D eigenvalue weighted by Crippen LogP contribution is 2.37. The number of amides is 2. The molecule has 30 heavy (non-hydrogen) atoms. The number of halogens is 7. The molecule has 0 unspecified atom stereocenters. The van der Waals surface area contributed by atoms with Crippen LogP contribution >= 0.6 is 11.6 Å². The molecule has 2 N–H and O–H groups in total. The van der Waals surface area contributed by atoms with E-state index < -0.39 is 46.0 Å². The number of rotatable bonds is 4. The first-order valence-electron chi connectivity index (χ1n) is 8.12. The fourth-order valence-corrected chi connectivity index (χ4v) is 2.60. The van der Waals surface area contributed by atoms with Crippen molar-refractivity contribution in [2.24, 2.45) is 0 Å². The maximum atomic E-state index is 13.3. The van der Waals surface area contributed by atoms with Gasteiger partial charge in [-0.15, -0.1) is 0 Å². The van der Waals surface area contributed by atoms with E-state index in [0.717, 1.165) is 37.3 Å². The molecular formula is C19H13ClF6N2O2. The zero-order valence-electron chi connectivity index (χ0n) is 15.1. The van der Waals surface area contributed by atoms with Gasteiger partial charge in [-0.1, -0.05) is 17.7 Å². The van der Waals surface area contributed by atoms with Gasteiger partial charge in [0, 0.05) is 18.7 Å². The molecule has 0 aliphatic heterocycles. The van der Waals surface area contributed by atoms with Crippen LogP contribution in [0.2, 0.25) is 5.02 Å². The standard InChI is InChI=1S/C19H13ClF6N2O2/c1-10(29)27-12-4-6-16(14(9-12)19(24,25)26)28-17(30)7-3-11-2-5-15(20)13(8-11)18(21,22)23/h2-9H,1H3,(H,27,29)(H,28,30)/b7-3+. The number of carbonyl (C=O) groups is 2. The first-order valence-corrected chi connectivity index (χ1v) is 8.50. The molecule has 0 saturated heterocycles. The number of nitrogens with one attached hydrogen (secondary N) is 2. The van der Waals surface area contributed by atoms with E-state index in [4.69, 9.17) is 11.6 Å². The topological polar surface area (TPSA) is 58.2 Å².